The molecular formula is C21H34N2O3S. The molecule has 5 nitrogen and oxygen atoms in total. The van der Waals surface area contributed by atoms with Crippen LogP contribution in [0.3, 0.4) is 0 Å². The van der Waals surface area contributed by atoms with Crippen molar-refractivity contribution in [3.63, 3.8) is 0 Å². The molecule has 2 heterocycles. The number of ether oxygens (including phenoxy) is 1. The van der Waals surface area contributed by atoms with Gasteiger partial charge in [-0.25, -0.2) is 12.7 Å². The van der Waals surface area contributed by atoms with Crippen molar-refractivity contribution in [1.29, 1.82) is 0 Å². The quantitative estimate of drug-likeness (QED) is 0.680. The number of fused-ring (bicyclic) bond motifs is 1. The number of hydrogen-bond donors (Lipinski definition) is 0. The SMILES string of the molecule is CCCN(CC1CCN(S(C)(=O)=O)CC1)C(C)Cc1ccc2c(c1)OCC2. The van der Waals surface area contributed by atoms with Crippen molar-refractivity contribution in [2.45, 2.75) is 52.0 Å². The molecule has 0 N–H and O–H groups in total. The molecule has 1 unspecified atom stereocenters. The summed E-state index contributed by atoms with van der Waals surface area (Å²) in [5, 5.41) is 0. The van der Waals surface area contributed by atoms with Crippen molar-refractivity contribution < 1.29 is 13.2 Å². The van der Waals surface area contributed by atoms with Crippen LogP contribution in [0.1, 0.15) is 44.2 Å². The van der Waals surface area contributed by atoms with Crippen LogP contribution < -0.4 is 4.74 Å². The van der Waals surface area contributed by atoms with Gasteiger partial charge in [-0.05, 0) is 62.3 Å². The summed E-state index contributed by atoms with van der Waals surface area (Å²) in [4.78, 5) is 2.59. The van der Waals surface area contributed by atoms with E-state index >= 15 is 0 Å². The maximum absolute atomic E-state index is 11.7. The van der Waals surface area contributed by atoms with Crippen LogP contribution in [0.15, 0.2) is 18.2 Å². The third-order valence-corrected chi connectivity index (χ3v) is 7.26. The molecule has 1 aromatic rings. The summed E-state index contributed by atoms with van der Waals surface area (Å²) in [6, 6.07) is 7.15. The van der Waals surface area contributed by atoms with Crippen LogP contribution in [0.2, 0.25) is 0 Å². The molecule has 1 aromatic carbocycles. The Balaban J connectivity index is 1.56. The van der Waals surface area contributed by atoms with E-state index in [0.717, 1.165) is 57.6 Å². The number of hydrogen-bond acceptors (Lipinski definition) is 4. The largest absolute Gasteiger partial charge is 0.493 e. The second-order valence-electron chi connectivity index (χ2n) is 8.19. The number of sulfonamides is 1. The summed E-state index contributed by atoms with van der Waals surface area (Å²) < 4.78 is 30.8. The maximum Gasteiger partial charge on any atom is 0.211 e. The van der Waals surface area contributed by atoms with Gasteiger partial charge in [-0.15, -0.1) is 0 Å². The van der Waals surface area contributed by atoms with Crippen molar-refractivity contribution in [3.8, 4) is 5.75 Å². The first kappa shape index (κ1) is 20.6. The topological polar surface area (TPSA) is 49.9 Å². The molecule has 0 aliphatic carbocycles. The first-order valence-electron chi connectivity index (χ1n) is 10.3. The van der Waals surface area contributed by atoms with E-state index < -0.39 is 10.0 Å². The molecule has 0 amide bonds. The lowest BCUT2D eigenvalue weighted by atomic mass is 9.95. The fourth-order valence-electron chi connectivity index (χ4n) is 4.34. The van der Waals surface area contributed by atoms with Crippen LogP contribution in [0.4, 0.5) is 0 Å². The van der Waals surface area contributed by atoms with E-state index in [1.165, 1.54) is 17.4 Å². The van der Waals surface area contributed by atoms with E-state index in [1.807, 2.05) is 0 Å². The molecule has 27 heavy (non-hydrogen) atoms. The Morgan fingerprint density at radius 3 is 2.70 bits per heavy atom. The van der Waals surface area contributed by atoms with Gasteiger partial charge in [-0.2, -0.15) is 0 Å². The van der Waals surface area contributed by atoms with E-state index in [4.69, 9.17) is 4.74 Å². The summed E-state index contributed by atoms with van der Waals surface area (Å²) in [7, 11) is -3.04. The van der Waals surface area contributed by atoms with E-state index in [0.29, 0.717) is 25.0 Å². The lowest BCUT2D eigenvalue weighted by Gasteiger charge is -2.36. The first-order valence-corrected chi connectivity index (χ1v) is 12.2. The molecule has 0 saturated carbocycles. The normalized spacial score (nSPS) is 19.9. The van der Waals surface area contributed by atoms with Crippen molar-refractivity contribution in [2.24, 2.45) is 5.92 Å². The first-order chi connectivity index (χ1) is 12.9. The molecule has 1 fully saturated rings. The van der Waals surface area contributed by atoms with E-state index in [9.17, 15) is 8.42 Å². The predicted octanol–water partition coefficient (Wildman–Crippen LogP) is 2.94. The summed E-state index contributed by atoms with van der Waals surface area (Å²) in [6.07, 6.45) is 6.44. The van der Waals surface area contributed by atoms with Crippen LogP contribution >= 0.6 is 0 Å². The molecule has 0 radical (unpaired) electrons. The van der Waals surface area contributed by atoms with Crippen LogP contribution in [0.25, 0.3) is 0 Å². The lowest BCUT2D eigenvalue weighted by Crippen LogP contribution is -2.44. The van der Waals surface area contributed by atoms with Gasteiger partial charge in [0.15, 0.2) is 0 Å². The Hall–Kier alpha value is -1.11. The Morgan fingerprint density at radius 2 is 2.04 bits per heavy atom. The van der Waals surface area contributed by atoms with Gasteiger partial charge in [0, 0.05) is 32.1 Å². The molecule has 2 aliphatic heterocycles. The Bertz CT molecular complexity index is 727. The van der Waals surface area contributed by atoms with Gasteiger partial charge < -0.3 is 9.64 Å². The van der Waals surface area contributed by atoms with Crippen molar-refractivity contribution in [3.05, 3.63) is 29.3 Å². The second-order valence-corrected chi connectivity index (χ2v) is 10.2. The van der Waals surface area contributed by atoms with Gasteiger partial charge in [0.2, 0.25) is 10.0 Å². The standard InChI is InChI=1S/C21H34N2O3S/c1-4-10-22(16-18-7-11-23(12-8-18)27(3,24)25)17(2)14-19-5-6-20-9-13-26-21(20)15-19/h5-6,15,17-18H,4,7-14,16H2,1-3H3. The van der Waals surface area contributed by atoms with Crippen LogP contribution in [-0.4, -0.2) is 62.7 Å². The van der Waals surface area contributed by atoms with Gasteiger partial charge in [0.25, 0.3) is 0 Å². The van der Waals surface area contributed by atoms with E-state index in [-0.39, 0.29) is 0 Å². The van der Waals surface area contributed by atoms with Gasteiger partial charge >= 0.3 is 0 Å². The predicted molar refractivity (Wildman–Crippen MR) is 110 cm³/mol. The molecule has 2 aliphatic rings. The molecule has 152 valence electrons. The number of rotatable bonds is 8. The van der Waals surface area contributed by atoms with Crippen molar-refractivity contribution in [1.82, 2.24) is 9.21 Å². The zero-order chi connectivity index (χ0) is 19.4. The number of benzene rings is 1. The highest BCUT2D eigenvalue weighted by Crippen LogP contribution is 2.27. The average Bonchev–Trinajstić information content (AvgIpc) is 3.09. The summed E-state index contributed by atoms with van der Waals surface area (Å²) >= 11 is 0. The Kier molecular flexibility index (Phi) is 6.82. The fourth-order valence-corrected chi connectivity index (χ4v) is 5.22. The maximum atomic E-state index is 11.7. The minimum Gasteiger partial charge on any atom is -0.493 e. The molecule has 3 rings (SSSR count). The Morgan fingerprint density at radius 1 is 1.30 bits per heavy atom. The third kappa shape index (κ3) is 5.46. The molecular weight excluding hydrogens is 360 g/mol. The fraction of sp³-hybridized carbons (Fsp3) is 0.714. The zero-order valence-corrected chi connectivity index (χ0v) is 17.8. The molecule has 1 saturated heterocycles. The minimum absolute atomic E-state index is 0.470. The van der Waals surface area contributed by atoms with E-state index in [2.05, 4.69) is 36.9 Å². The van der Waals surface area contributed by atoms with Crippen LogP contribution in [0.5, 0.6) is 5.75 Å². The van der Waals surface area contributed by atoms with Crippen LogP contribution in [0, 0.1) is 5.92 Å². The van der Waals surface area contributed by atoms with Gasteiger partial charge in [-0.3, -0.25) is 0 Å². The highest BCUT2D eigenvalue weighted by molar-refractivity contribution is 7.88. The second kappa shape index (κ2) is 8.93. The van der Waals surface area contributed by atoms with E-state index in [1.54, 1.807) is 4.31 Å². The van der Waals surface area contributed by atoms with Crippen molar-refractivity contribution in [2.75, 3.05) is 39.0 Å². The Labute approximate surface area is 164 Å². The summed E-state index contributed by atoms with van der Waals surface area (Å²) in [5.41, 5.74) is 2.67. The molecule has 0 bridgehead atoms. The highest BCUT2D eigenvalue weighted by Gasteiger charge is 2.27. The number of piperidine rings is 1. The van der Waals surface area contributed by atoms with Gasteiger partial charge in [-0.1, -0.05) is 19.1 Å². The van der Waals surface area contributed by atoms with Crippen molar-refractivity contribution >= 4 is 10.0 Å². The smallest absolute Gasteiger partial charge is 0.211 e. The molecule has 0 aromatic heterocycles. The number of nitrogens with zero attached hydrogens (tertiary/aromatic N) is 2. The molecule has 1 atom stereocenters. The van der Waals surface area contributed by atoms with Gasteiger partial charge in [0.05, 0.1) is 12.9 Å². The third-order valence-electron chi connectivity index (χ3n) is 5.96. The van der Waals surface area contributed by atoms with Crippen LogP contribution in [-0.2, 0) is 22.9 Å². The zero-order valence-electron chi connectivity index (χ0n) is 17.0. The highest BCUT2D eigenvalue weighted by atomic mass is 32.2. The molecule has 0 spiro atoms. The minimum atomic E-state index is -3.04. The average molecular weight is 395 g/mol. The molecule has 6 heteroatoms. The summed E-state index contributed by atoms with van der Waals surface area (Å²) in [6.45, 7) is 8.84. The summed E-state index contributed by atoms with van der Waals surface area (Å²) in [5.74, 6) is 1.65. The monoisotopic (exact) mass is 394 g/mol. The van der Waals surface area contributed by atoms with Gasteiger partial charge in [0.1, 0.15) is 5.75 Å². The lowest BCUT2D eigenvalue weighted by molar-refractivity contribution is 0.146.